The summed E-state index contributed by atoms with van der Waals surface area (Å²) in [5.41, 5.74) is 2.22. The third-order valence-corrected chi connectivity index (χ3v) is 3.78. The van der Waals surface area contributed by atoms with Crippen LogP contribution in [0.25, 0.3) is 11.1 Å². The number of tetrazole rings is 1. The van der Waals surface area contributed by atoms with Gasteiger partial charge in [-0.05, 0) is 34.9 Å². The van der Waals surface area contributed by atoms with Gasteiger partial charge in [-0.1, -0.05) is 48.5 Å². The van der Waals surface area contributed by atoms with Crippen LogP contribution in [0.4, 0.5) is 0 Å². The van der Waals surface area contributed by atoms with E-state index in [2.05, 4.69) is 33.7 Å². The third kappa shape index (κ3) is 2.57. The highest BCUT2D eigenvalue weighted by Gasteiger charge is 2.27. The first-order valence-corrected chi connectivity index (χ1v) is 7.46. The molecule has 1 aliphatic carbocycles. The molecule has 5 nitrogen and oxygen atoms in total. The number of benzene rings is 2. The molecule has 0 unspecified atom stereocenters. The fourth-order valence-corrected chi connectivity index (χ4v) is 2.50. The van der Waals surface area contributed by atoms with Crippen LogP contribution in [-0.4, -0.2) is 20.2 Å². The average molecular weight is 292 g/mol. The summed E-state index contributed by atoms with van der Waals surface area (Å²) in [4.78, 5) is 0. The van der Waals surface area contributed by atoms with Crippen LogP contribution in [0.2, 0.25) is 0 Å². The molecule has 0 atom stereocenters. The summed E-state index contributed by atoms with van der Waals surface area (Å²) in [6, 6.07) is 18.7. The van der Waals surface area contributed by atoms with Gasteiger partial charge in [0, 0.05) is 5.56 Å². The van der Waals surface area contributed by atoms with Crippen molar-refractivity contribution in [2.45, 2.75) is 25.5 Å². The van der Waals surface area contributed by atoms with E-state index in [9.17, 15) is 0 Å². The lowest BCUT2D eigenvalue weighted by Crippen LogP contribution is -2.07. The normalized spacial score (nSPS) is 14.0. The summed E-state index contributed by atoms with van der Waals surface area (Å²) in [5.74, 6) is 1.63. The van der Waals surface area contributed by atoms with E-state index in [4.69, 9.17) is 4.74 Å². The number of hydrogen-bond acceptors (Lipinski definition) is 4. The first kappa shape index (κ1) is 13.0. The molecule has 1 heterocycles. The molecule has 5 heteroatoms. The van der Waals surface area contributed by atoms with E-state index in [-0.39, 0.29) is 0 Å². The van der Waals surface area contributed by atoms with Gasteiger partial charge in [-0.2, -0.15) is 0 Å². The second kappa shape index (κ2) is 5.60. The van der Waals surface area contributed by atoms with Gasteiger partial charge in [0.05, 0.1) is 6.04 Å². The maximum absolute atomic E-state index is 5.99. The predicted octanol–water partition coefficient (Wildman–Crippen LogP) is 3.25. The van der Waals surface area contributed by atoms with Crippen molar-refractivity contribution < 1.29 is 4.74 Å². The molecule has 0 radical (unpaired) electrons. The number of aromatic nitrogens is 4. The quantitative estimate of drug-likeness (QED) is 0.724. The number of ether oxygens (including phenoxy) is 1. The highest BCUT2D eigenvalue weighted by molar-refractivity contribution is 5.70. The lowest BCUT2D eigenvalue weighted by Gasteiger charge is -2.11. The largest absolute Gasteiger partial charge is 0.485 e. The van der Waals surface area contributed by atoms with Crippen molar-refractivity contribution in [2.24, 2.45) is 0 Å². The van der Waals surface area contributed by atoms with Crippen LogP contribution in [0.15, 0.2) is 54.6 Å². The van der Waals surface area contributed by atoms with E-state index < -0.39 is 0 Å². The third-order valence-electron chi connectivity index (χ3n) is 3.78. The van der Waals surface area contributed by atoms with Crippen LogP contribution in [0.5, 0.6) is 5.75 Å². The van der Waals surface area contributed by atoms with E-state index in [1.807, 2.05) is 41.1 Å². The van der Waals surface area contributed by atoms with Gasteiger partial charge in [-0.25, -0.2) is 4.68 Å². The highest BCUT2D eigenvalue weighted by Crippen LogP contribution is 2.35. The van der Waals surface area contributed by atoms with Crippen LogP contribution >= 0.6 is 0 Å². The van der Waals surface area contributed by atoms with Gasteiger partial charge in [0.15, 0.2) is 5.82 Å². The van der Waals surface area contributed by atoms with Gasteiger partial charge < -0.3 is 4.74 Å². The summed E-state index contributed by atoms with van der Waals surface area (Å²) in [7, 11) is 0. The Balaban J connectivity index is 1.57. The van der Waals surface area contributed by atoms with E-state index >= 15 is 0 Å². The molecule has 1 saturated carbocycles. The maximum Gasteiger partial charge on any atom is 0.189 e. The zero-order valence-corrected chi connectivity index (χ0v) is 12.1. The van der Waals surface area contributed by atoms with E-state index in [1.54, 1.807) is 0 Å². The molecule has 0 amide bonds. The van der Waals surface area contributed by atoms with Crippen LogP contribution in [0, 0.1) is 0 Å². The molecule has 2 aromatic carbocycles. The topological polar surface area (TPSA) is 52.8 Å². The molecule has 22 heavy (non-hydrogen) atoms. The number of hydrogen-bond donors (Lipinski definition) is 0. The number of nitrogens with zero attached hydrogens (tertiary/aromatic N) is 4. The molecule has 0 N–H and O–H groups in total. The minimum Gasteiger partial charge on any atom is -0.485 e. The molecule has 4 rings (SSSR count). The Hall–Kier alpha value is -2.69. The zero-order chi connectivity index (χ0) is 14.8. The molecule has 1 fully saturated rings. The van der Waals surface area contributed by atoms with Crippen molar-refractivity contribution in [3.05, 3.63) is 60.4 Å². The smallest absolute Gasteiger partial charge is 0.189 e. The molecule has 1 aliphatic rings. The summed E-state index contributed by atoms with van der Waals surface area (Å²) in [6.45, 7) is 0.382. The van der Waals surface area contributed by atoms with Crippen molar-refractivity contribution in [1.82, 2.24) is 20.2 Å². The molecule has 0 aliphatic heterocycles. The van der Waals surface area contributed by atoms with Gasteiger partial charge in [0.25, 0.3) is 0 Å². The van der Waals surface area contributed by atoms with Gasteiger partial charge >= 0.3 is 0 Å². The standard InChI is InChI=1S/C17H16N4O/c1-2-6-13(7-3-1)15-8-4-5-9-16(15)22-12-17-18-19-20-21(17)14-10-11-14/h1-9,14H,10-12H2. The van der Waals surface area contributed by atoms with Crippen LogP contribution < -0.4 is 4.74 Å². The van der Waals surface area contributed by atoms with Gasteiger partial charge in [-0.15, -0.1) is 5.10 Å². The first-order chi connectivity index (χ1) is 10.9. The Kier molecular flexibility index (Phi) is 3.31. The van der Waals surface area contributed by atoms with Crippen LogP contribution in [0.3, 0.4) is 0 Å². The Morgan fingerprint density at radius 3 is 2.59 bits per heavy atom. The van der Waals surface area contributed by atoms with Gasteiger partial charge in [0.1, 0.15) is 12.4 Å². The molecular weight excluding hydrogens is 276 g/mol. The monoisotopic (exact) mass is 292 g/mol. The Bertz CT molecular complexity index is 765. The molecule has 0 saturated heterocycles. The van der Waals surface area contributed by atoms with Crippen molar-refractivity contribution >= 4 is 0 Å². The summed E-state index contributed by atoms with van der Waals surface area (Å²) >= 11 is 0. The minimum atomic E-state index is 0.382. The zero-order valence-electron chi connectivity index (χ0n) is 12.1. The van der Waals surface area contributed by atoms with Crippen molar-refractivity contribution in [3.63, 3.8) is 0 Å². The van der Waals surface area contributed by atoms with Crippen molar-refractivity contribution in [3.8, 4) is 16.9 Å². The molecule has 0 spiro atoms. The molecule has 110 valence electrons. The van der Waals surface area contributed by atoms with Crippen molar-refractivity contribution in [1.29, 1.82) is 0 Å². The first-order valence-electron chi connectivity index (χ1n) is 7.46. The fourth-order valence-electron chi connectivity index (χ4n) is 2.50. The summed E-state index contributed by atoms with van der Waals surface area (Å²) < 4.78 is 7.87. The predicted molar refractivity (Wildman–Crippen MR) is 82.3 cm³/mol. The van der Waals surface area contributed by atoms with Gasteiger partial charge in [0.2, 0.25) is 0 Å². The van der Waals surface area contributed by atoms with Gasteiger partial charge in [-0.3, -0.25) is 0 Å². The Morgan fingerprint density at radius 1 is 1.00 bits per heavy atom. The second-order valence-corrected chi connectivity index (χ2v) is 5.42. The Labute approximate surface area is 128 Å². The number of para-hydroxylation sites is 1. The van der Waals surface area contributed by atoms with Crippen LogP contribution in [-0.2, 0) is 6.61 Å². The molecule has 0 bridgehead atoms. The van der Waals surface area contributed by atoms with E-state index in [1.165, 1.54) is 0 Å². The molecular formula is C17H16N4O. The van der Waals surface area contributed by atoms with Crippen molar-refractivity contribution in [2.75, 3.05) is 0 Å². The average Bonchev–Trinajstić information content (AvgIpc) is 3.32. The van der Waals surface area contributed by atoms with Crippen LogP contribution in [0.1, 0.15) is 24.7 Å². The van der Waals surface area contributed by atoms with E-state index in [0.29, 0.717) is 12.6 Å². The second-order valence-electron chi connectivity index (χ2n) is 5.42. The van der Waals surface area contributed by atoms with E-state index in [0.717, 1.165) is 35.5 Å². The molecule has 1 aromatic heterocycles. The molecule has 3 aromatic rings. The summed E-state index contributed by atoms with van der Waals surface area (Å²) in [6.07, 6.45) is 2.30. The maximum atomic E-state index is 5.99. The number of rotatable bonds is 5. The Morgan fingerprint density at radius 2 is 1.77 bits per heavy atom. The fraction of sp³-hybridized carbons (Fsp3) is 0.235. The minimum absolute atomic E-state index is 0.382. The summed E-state index contributed by atoms with van der Waals surface area (Å²) in [5, 5.41) is 11.9. The SMILES string of the molecule is c1ccc(-c2ccccc2OCc2nnnn2C2CC2)cc1. The lowest BCUT2D eigenvalue weighted by molar-refractivity contribution is 0.287. The lowest BCUT2D eigenvalue weighted by atomic mass is 10.1. The highest BCUT2D eigenvalue weighted by atomic mass is 16.5.